The summed E-state index contributed by atoms with van der Waals surface area (Å²) in [4.78, 5) is 9.18. The lowest BCUT2D eigenvalue weighted by Gasteiger charge is -2.24. The van der Waals surface area contributed by atoms with Crippen molar-refractivity contribution in [1.82, 2.24) is 19.6 Å². The number of nitrogens with zero attached hydrogens (tertiary/aromatic N) is 4. The van der Waals surface area contributed by atoms with Crippen LogP contribution in [0.5, 0.6) is 0 Å². The van der Waals surface area contributed by atoms with Crippen LogP contribution in [0.25, 0.3) is 16.9 Å². The number of hydrogen-bond donors (Lipinski definition) is 0. The first-order valence-electron chi connectivity index (χ1n) is 8.31. The van der Waals surface area contributed by atoms with E-state index in [1.807, 2.05) is 10.6 Å². The molecule has 0 N–H and O–H groups in total. The van der Waals surface area contributed by atoms with Crippen molar-refractivity contribution in [2.24, 2.45) is 0 Å². The van der Waals surface area contributed by atoms with Gasteiger partial charge in [0.25, 0.3) is 5.78 Å². The van der Waals surface area contributed by atoms with E-state index in [2.05, 4.69) is 62.0 Å². The Morgan fingerprint density at radius 2 is 1.83 bits per heavy atom. The van der Waals surface area contributed by atoms with Crippen LogP contribution in [0.2, 0.25) is 0 Å². The van der Waals surface area contributed by atoms with Gasteiger partial charge in [0, 0.05) is 11.0 Å². The quantitative estimate of drug-likeness (QED) is 0.716. The summed E-state index contributed by atoms with van der Waals surface area (Å²) in [7, 11) is 0. The molecular weight excluding hydrogens is 284 g/mol. The van der Waals surface area contributed by atoms with Gasteiger partial charge in [-0.05, 0) is 18.4 Å². The third kappa shape index (κ3) is 2.98. The number of fused-ring (bicyclic) bond motifs is 1. The summed E-state index contributed by atoms with van der Waals surface area (Å²) < 4.78 is 1.91. The molecule has 0 saturated heterocycles. The van der Waals surface area contributed by atoms with Crippen molar-refractivity contribution in [2.75, 3.05) is 0 Å². The summed E-state index contributed by atoms with van der Waals surface area (Å²) in [5, 5.41) is 4.42. The van der Waals surface area contributed by atoms with Crippen molar-refractivity contribution >= 4 is 5.78 Å². The van der Waals surface area contributed by atoms with E-state index in [0.717, 1.165) is 25.0 Å². The van der Waals surface area contributed by atoms with Gasteiger partial charge in [-0.1, -0.05) is 64.4 Å². The van der Waals surface area contributed by atoms with E-state index in [0.29, 0.717) is 5.78 Å². The summed E-state index contributed by atoms with van der Waals surface area (Å²) in [6.45, 7) is 8.83. The van der Waals surface area contributed by atoms with Crippen LogP contribution in [0.1, 0.15) is 51.9 Å². The Balaban J connectivity index is 2.35. The fourth-order valence-corrected chi connectivity index (χ4v) is 2.93. The average Bonchev–Trinajstić information content (AvgIpc) is 3.00. The highest BCUT2D eigenvalue weighted by atomic mass is 15.3. The van der Waals surface area contributed by atoms with E-state index in [4.69, 9.17) is 4.98 Å². The third-order valence-electron chi connectivity index (χ3n) is 4.06. The Kier molecular flexibility index (Phi) is 4.16. The van der Waals surface area contributed by atoms with Gasteiger partial charge in [0.15, 0.2) is 0 Å². The molecule has 0 fully saturated rings. The number of benzene rings is 1. The summed E-state index contributed by atoms with van der Waals surface area (Å²) in [5.74, 6) is 0.695. The molecule has 2 heterocycles. The van der Waals surface area contributed by atoms with E-state index in [-0.39, 0.29) is 5.41 Å². The van der Waals surface area contributed by atoms with E-state index in [9.17, 15) is 0 Å². The van der Waals surface area contributed by atoms with Gasteiger partial charge in [-0.15, -0.1) is 0 Å². The van der Waals surface area contributed by atoms with Gasteiger partial charge in [0.05, 0.1) is 11.4 Å². The monoisotopic (exact) mass is 308 g/mol. The lowest BCUT2D eigenvalue weighted by Crippen LogP contribution is -2.19. The second kappa shape index (κ2) is 6.11. The first-order valence-corrected chi connectivity index (χ1v) is 8.31. The van der Waals surface area contributed by atoms with Gasteiger partial charge in [-0.2, -0.15) is 10.1 Å². The van der Waals surface area contributed by atoms with Crippen LogP contribution in [-0.4, -0.2) is 19.6 Å². The van der Waals surface area contributed by atoms with Gasteiger partial charge in [0.1, 0.15) is 6.33 Å². The largest absolute Gasteiger partial charge is 0.252 e. The van der Waals surface area contributed by atoms with Gasteiger partial charge in [-0.3, -0.25) is 0 Å². The molecule has 23 heavy (non-hydrogen) atoms. The molecule has 3 rings (SSSR count). The summed E-state index contributed by atoms with van der Waals surface area (Å²) in [6.07, 6.45) is 4.85. The number of unbranched alkanes of at least 4 members (excludes halogenated alkanes) is 1. The Hall–Kier alpha value is -2.23. The molecule has 0 aliphatic heterocycles. The molecular formula is C19H24N4. The third-order valence-corrected chi connectivity index (χ3v) is 4.06. The van der Waals surface area contributed by atoms with Gasteiger partial charge < -0.3 is 0 Å². The first kappa shape index (κ1) is 15.7. The fraction of sp³-hybridized carbons (Fsp3) is 0.421. The Labute approximate surface area is 137 Å². The summed E-state index contributed by atoms with van der Waals surface area (Å²) in [6, 6.07) is 10.5. The molecule has 0 saturated carbocycles. The molecule has 2 aromatic heterocycles. The highest BCUT2D eigenvalue weighted by molar-refractivity contribution is 5.71. The first-order chi connectivity index (χ1) is 11.0. The Bertz CT molecular complexity index is 797. The average molecular weight is 308 g/mol. The second-order valence-electron chi connectivity index (χ2n) is 6.97. The molecule has 0 radical (unpaired) electrons. The minimum absolute atomic E-state index is 0.0557. The topological polar surface area (TPSA) is 43.1 Å². The van der Waals surface area contributed by atoms with Crippen molar-refractivity contribution in [1.29, 1.82) is 0 Å². The molecule has 0 atom stereocenters. The van der Waals surface area contributed by atoms with Crippen LogP contribution in [0.4, 0.5) is 0 Å². The molecule has 0 amide bonds. The summed E-state index contributed by atoms with van der Waals surface area (Å²) in [5.41, 5.74) is 4.67. The normalized spacial score (nSPS) is 12.0. The molecule has 0 spiro atoms. The van der Waals surface area contributed by atoms with Crippen molar-refractivity contribution < 1.29 is 0 Å². The lowest BCUT2D eigenvalue weighted by molar-refractivity contribution is 0.566. The molecule has 0 unspecified atom stereocenters. The highest BCUT2D eigenvalue weighted by Gasteiger charge is 2.26. The molecule has 4 heteroatoms. The van der Waals surface area contributed by atoms with Crippen LogP contribution < -0.4 is 0 Å². The van der Waals surface area contributed by atoms with Crippen molar-refractivity contribution in [3.05, 3.63) is 48.0 Å². The maximum Gasteiger partial charge on any atom is 0.252 e. The summed E-state index contributed by atoms with van der Waals surface area (Å²) >= 11 is 0. The number of aromatic nitrogens is 4. The van der Waals surface area contributed by atoms with Gasteiger partial charge in [0.2, 0.25) is 0 Å². The lowest BCUT2D eigenvalue weighted by atomic mass is 9.84. The van der Waals surface area contributed by atoms with Crippen molar-refractivity contribution in [3.8, 4) is 11.1 Å². The smallest absolute Gasteiger partial charge is 0.215 e. The van der Waals surface area contributed by atoms with Gasteiger partial charge in [-0.25, -0.2) is 9.50 Å². The van der Waals surface area contributed by atoms with Crippen LogP contribution in [0.3, 0.4) is 0 Å². The van der Waals surface area contributed by atoms with Crippen molar-refractivity contribution in [3.63, 3.8) is 0 Å². The zero-order valence-corrected chi connectivity index (χ0v) is 14.4. The number of aryl methyl sites for hydroxylation is 1. The van der Waals surface area contributed by atoms with Crippen LogP contribution in [0, 0.1) is 0 Å². The van der Waals surface area contributed by atoms with E-state index in [1.54, 1.807) is 6.33 Å². The van der Waals surface area contributed by atoms with E-state index >= 15 is 0 Å². The minimum atomic E-state index is -0.0557. The number of rotatable bonds is 4. The predicted octanol–water partition coefficient (Wildman–Crippen LogP) is 4.43. The molecule has 120 valence electrons. The molecule has 4 nitrogen and oxygen atoms in total. The van der Waals surface area contributed by atoms with Gasteiger partial charge >= 0.3 is 0 Å². The SMILES string of the molecule is CCCCc1c(-c2ccccc2)c(C(C)(C)C)nc2ncnn12. The zero-order valence-electron chi connectivity index (χ0n) is 14.4. The van der Waals surface area contributed by atoms with E-state index < -0.39 is 0 Å². The highest BCUT2D eigenvalue weighted by Crippen LogP contribution is 2.35. The predicted molar refractivity (Wildman–Crippen MR) is 93.5 cm³/mol. The molecule has 0 aliphatic rings. The zero-order chi connectivity index (χ0) is 16.4. The molecule has 0 aliphatic carbocycles. The van der Waals surface area contributed by atoms with Crippen LogP contribution in [0.15, 0.2) is 36.7 Å². The Morgan fingerprint density at radius 3 is 2.48 bits per heavy atom. The molecule has 0 bridgehead atoms. The minimum Gasteiger partial charge on any atom is -0.215 e. The maximum atomic E-state index is 4.84. The molecule has 3 aromatic rings. The second-order valence-corrected chi connectivity index (χ2v) is 6.97. The molecule has 1 aromatic carbocycles. The Morgan fingerprint density at radius 1 is 1.09 bits per heavy atom. The standard InChI is InChI=1S/C19H24N4/c1-5-6-12-15-16(14-10-8-7-9-11-14)17(19(2,3)4)22-18-20-13-21-23(15)18/h7-11,13H,5-6,12H2,1-4H3. The van der Waals surface area contributed by atoms with E-state index in [1.165, 1.54) is 16.8 Å². The fourth-order valence-electron chi connectivity index (χ4n) is 2.93. The number of hydrogen-bond acceptors (Lipinski definition) is 3. The van der Waals surface area contributed by atoms with Crippen LogP contribution >= 0.6 is 0 Å². The van der Waals surface area contributed by atoms with Crippen molar-refractivity contribution in [2.45, 2.75) is 52.4 Å². The van der Waals surface area contributed by atoms with Crippen LogP contribution in [-0.2, 0) is 11.8 Å². The maximum absolute atomic E-state index is 4.84.